The van der Waals surface area contributed by atoms with Crippen molar-refractivity contribution in [1.82, 2.24) is 9.80 Å². The molecule has 2 aliphatic heterocycles. The van der Waals surface area contributed by atoms with E-state index in [1.165, 1.54) is 0 Å². The van der Waals surface area contributed by atoms with Crippen molar-refractivity contribution in [3.8, 4) is 0 Å². The number of nitrogens with zero attached hydrogens (tertiary/aromatic N) is 2. The average molecular weight is 304 g/mol. The Balaban J connectivity index is 1.91. The van der Waals surface area contributed by atoms with Crippen molar-refractivity contribution in [3.63, 3.8) is 0 Å². The van der Waals surface area contributed by atoms with Gasteiger partial charge in [-0.3, -0.25) is 4.79 Å². The molecule has 0 bridgehead atoms. The number of urea groups is 1. The fraction of sp³-hybridized carbons (Fsp3) is 0.833. The van der Waals surface area contributed by atoms with E-state index in [1.54, 1.807) is 16.7 Å². The largest absolute Gasteiger partial charge is 0.481 e. The molecule has 0 radical (unpaired) electrons. The highest BCUT2D eigenvalue weighted by atomic mass is 32.2. The molecule has 2 fully saturated rings. The van der Waals surface area contributed by atoms with Crippen molar-refractivity contribution in [2.45, 2.75) is 19.8 Å². The van der Waals surface area contributed by atoms with E-state index in [0.717, 1.165) is 0 Å². The van der Waals surface area contributed by atoms with Gasteiger partial charge in [0.25, 0.3) is 0 Å². The van der Waals surface area contributed by atoms with Crippen molar-refractivity contribution >= 4 is 21.8 Å². The smallest absolute Gasteiger partial charge is 0.320 e. The van der Waals surface area contributed by atoms with Gasteiger partial charge < -0.3 is 14.9 Å². The van der Waals surface area contributed by atoms with Gasteiger partial charge in [-0.1, -0.05) is 0 Å². The van der Waals surface area contributed by atoms with E-state index >= 15 is 0 Å². The Bertz CT molecular complexity index is 494. The van der Waals surface area contributed by atoms with Gasteiger partial charge in [0.1, 0.15) is 0 Å². The molecule has 2 amide bonds. The van der Waals surface area contributed by atoms with Gasteiger partial charge in [-0.15, -0.1) is 0 Å². The van der Waals surface area contributed by atoms with Gasteiger partial charge in [0, 0.05) is 26.2 Å². The Morgan fingerprint density at radius 1 is 1.00 bits per heavy atom. The molecule has 114 valence electrons. The van der Waals surface area contributed by atoms with Gasteiger partial charge in [-0.25, -0.2) is 13.2 Å². The first-order chi connectivity index (χ1) is 9.23. The van der Waals surface area contributed by atoms with Crippen LogP contribution in [0.25, 0.3) is 0 Å². The molecular formula is C12H20N2O5S. The highest BCUT2D eigenvalue weighted by Crippen LogP contribution is 2.31. The molecular weight excluding hydrogens is 284 g/mol. The molecule has 0 unspecified atom stereocenters. The first kappa shape index (κ1) is 15.1. The fourth-order valence-electron chi connectivity index (χ4n) is 2.51. The normalized spacial score (nSPS) is 25.2. The summed E-state index contributed by atoms with van der Waals surface area (Å²) >= 11 is 0. The van der Waals surface area contributed by atoms with Crippen LogP contribution < -0.4 is 0 Å². The lowest BCUT2D eigenvalue weighted by Gasteiger charge is -2.39. The molecule has 0 aromatic heterocycles. The number of hydrogen-bond donors (Lipinski definition) is 1. The molecule has 0 spiro atoms. The van der Waals surface area contributed by atoms with Crippen LogP contribution in [-0.4, -0.2) is 73.0 Å². The minimum absolute atomic E-state index is 0.0133. The molecule has 2 heterocycles. The summed E-state index contributed by atoms with van der Waals surface area (Å²) in [6.07, 6.45) is 0.862. The predicted molar refractivity (Wildman–Crippen MR) is 72.2 cm³/mol. The summed E-state index contributed by atoms with van der Waals surface area (Å²) < 4.78 is 22.7. The van der Waals surface area contributed by atoms with E-state index in [1.807, 2.05) is 0 Å². The Hall–Kier alpha value is -1.31. The molecule has 8 heteroatoms. The highest BCUT2D eigenvalue weighted by molar-refractivity contribution is 7.91. The summed E-state index contributed by atoms with van der Waals surface area (Å²) in [6, 6.07) is -0.174. The number of sulfone groups is 1. The van der Waals surface area contributed by atoms with E-state index in [2.05, 4.69) is 0 Å². The van der Waals surface area contributed by atoms with E-state index in [4.69, 9.17) is 5.11 Å². The topological polar surface area (TPSA) is 95.0 Å². The third-order valence-corrected chi connectivity index (χ3v) is 5.88. The van der Waals surface area contributed by atoms with Crippen LogP contribution in [0.5, 0.6) is 0 Å². The number of aliphatic carboxylic acids is 1. The second-order valence-corrected chi connectivity index (χ2v) is 8.08. The zero-order valence-corrected chi connectivity index (χ0v) is 12.4. The summed E-state index contributed by atoms with van der Waals surface area (Å²) in [4.78, 5) is 26.6. The third-order valence-electron chi connectivity index (χ3n) is 4.27. The van der Waals surface area contributed by atoms with E-state index in [9.17, 15) is 18.0 Å². The number of rotatable bonds is 1. The number of hydrogen-bond acceptors (Lipinski definition) is 4. The molecule has 20 heavy (non-hydrogen) atoms. The van der Waals surface area contributed by atoms with E-state index in [0.29, 0.717) is 25.9 Å². The van der Waals surface area contributed by atoms with Gasteiger partial charge in [0.05, 0.1) is 16.9 Å². The summed E-state index contributed by atoms with van der Waals surface area (Å²) in [6.45, 7) is 2.97. The highest BCUT2D eigenvalue weighted by Gasteiger charge is 2.39. The van der Waals surface area contributed by atoms with Gasteiger partial charge >= 0.3 is 12.0 Å². The summed E-state index contributed by atoms with van der Waals surface area (Å²) in [5, 5.41) is 9.15. The number of carbonyl (C=O) groups is 2. The predicted octanol–water partition coefficient (Wildman–Crippen LogP) is 0.0235. The van der Waals surface area contributed by atoms with Crippen LogP contribution in [0.1, 0.15) is 19.8 Å². The minimum atomic E-state index is -3.00. The van der Waals surface area contributed by atoms with E-state index < -0.39 is 21.2 Å². The molecule has 0 aromatic carbocycles. The Labute approximate surface area is 118 Å². The Kier molecular flexibility index (Phi) is 3.95. The van der Waals surface area contributed by atoms with Crippen LogP contribution in [0.3, 0.4) is 0 Å². The monoisotopic (exact) mass is 304 g/mol. The first-order valence-corrected chi connectivity index (χ1v) is 8.53. The maximum absolute atomic E-state index is 12.3. The molecule has 0 aromatic rings. The Morgan fingerprint density at radius 3 is 1.90 bits per heavy atom. The number of carboxylic acid groups (broad SMARTS) is 1. The lowest BCUT2D eigenvalue weighted by Crippen LogP contribution is -2.53. The first-order valence-electron chi connectivity index (χ1n) is 6.71. The van der Waals surface area contributed by atoms with Gasteiger partial charge in [0.2, 0.25) is 0 Å². The lowest BCUT2D eigenvalue weighted by atomic mass is 9.80. The lowest BCUT2D eigenvalue weighted by molar-refractivity contribution is -0.150. The van der Waals surface area contributed by atoms with Gasteiger partial charge in [-0.05, 0) is 19.8 Å². The van der Waals surface area contributed by atoms with Crippen LogP contribution in [0, 0.1) is 5.41 Å². The number of carbonyl (C=O) groups excluding carboxylic acids is 1. The fourth-order valence-corrected chi connectivity index (χ4v) is 3.71. The molecule has 2 rings (SSSR count). The molecule has 0 saturated carbocycles. The number of likely N-dealkylation sites (tertiary alicyclic amines) is 1. The van der Waals surface area contributed by atoms with Crippen LogP contribution in [0.4, 0.5) is 4.79 Å². The summed E-state index contributed by atoms with van der Waals surface area (Å²) in [5.41, 5.74) is -0.762. The number of piperidine rings is 1. The van der Waals surface area contributed by atoms with Crippen LogP contribution >= 0.6 is 0 Å². The molecule has 2 aliphatic rings. The number of amides is 2. The van der Waals surface area contributed by atoms with Crippen molar-refractivity contribution in [3.05, 3.63) is 0 Å². The quantitative estimate of drug-likeness (QED) is 0.737. The molecule has 0 atom stereocenters. The van der Waals surface area contributed by atoms with Gasteiger partial charge in [-0.2, -0.15) is 0 Å². The maximum atomic E-state index is 12.3. The zero-order chi connectivity index (χ0) is 15.0. The maximum Gasteiger partial charge on any atom is 0.320 e. The summed E-state index contributed by atoms with van der Waals surface area (Å²) in [7, 11) is -3.00. The molecule has 2 saturated heterocycles. The molecule has 1 N–H and O–H groups in total. The average Bonchev–Trinajstić information content (AvgIpc) is 2.38. The number of carboxylic acids is 1. The van der Waals surface area contributed by atoms with Gasteiger partial charge in [0.15, 0.2) is 9.84 Å². The van der Waals surface area contributed by atoms with Crippen molar-refractivity contribution < 1.29 is 23.1 Å². The minimum Gasteiger partial charge on any atom is -0.481 e. The zero-order valence-electron chi connectivity index (χ0n) is 11.5. The van der Waals surface area contributed by atoms with Crippen molar-refractivity contribution in [1.29, 1.82) is 0 Å². The van der Waals surface area contributed by atoms with E-state index in [-0.39, 0.29) is 30.6 Å². The Morgan fingerprint density at radius 2 is 1.45 bits per heavy atom. The molecule has 7 nitrogen and oxygen atoms in total. The second-order valence-electron chi connectivity index (χ2n) is 5.77. The van der Waals surface area contributed by atoms with Crippen LogP contribution in [0.15, 0.2) is 0 Å². The standard InChI is InChI=1S/C12H20N2O5S/c1-12(10(15)16)2-4-13(5-3-12)11(17)14-6-8-20(18,19)9-7-14/h2-9H2,1H3,(H,15,16). The van der Waals surface area contributed by atoms with Crippen LogP contribution in [0.2, 0.25) is 0 Å². The van der Waals surface area contributed by atoms with Crippen LogP contribution in [-0.2, 0) is 14.6 Å². The van der Waals surface area contributed by atoms with Crippen molar-refractivity contribution in [2.24, 2.45) is 5.41 Å². The molecule has 0 aliphatic carbocycles. The summed E-state index contributed by atoms with van der Waals surface area (Å²) in [5.74, 6) is -0.799. The second kappa shape index (κ2) is 5.23. The SMILES string of the molecule is CC1(C(=O)O)CCN(C(=O)N2CCS(=O)(=O)CC2)CC1. The van der Waals surface area contributed by atoms with Crippen molar-refractivity contribution in [2.75, 3.05) is 37.7 Å². The third kappa shape index (κ3) is 3.05.